The van der Waals surface area contributed by atoms with E-state index in [-0.39, 0.29) is 19.1 Å². The summed E-state index contributed by atoms with van der Waals surface area (Å²) in [6, 6.07) is 0. The molecular formula is C18H29F3O2. The molecule has 1 rings (SSSR count). The van der Waals surface area contributed by atoms with Gasteiger partial charge in [-0.3, -0.25) is 0 Å². The maximum absolute atomic E-state index is 12.9. The van der Waals surface area contributed by atoms with E-state index in [0.717, 1.165) is 24.5 Å². The molecule has 0 radical (unpaired) electrons. The van der Waals surface area contributed by atoms with Crippen LogP contribution in [0.4, 0.5) is 13.2 Å². The molecule has 23 heavy (non-hydrogen) atoms. The first-order valence-electron chi connectivity index (χ1n) is 8.12. The predicted octanol–water partition coefficient (Wildman–Crippen LogP) is 5.61. The third-order valence-electron chi connectivity index (χ3n) is 3.32. The Morgan fingerprint density at radius 2 is 1.87 bits per heavy atom. The summed E-state index contributed by atoms with van der Waals surface area (Å²) >= 11 is 0. The smallest absolute Gasteiger partial charge is 0.377 e. The van der Waals surface area contributed by atoms with Crippen LogP contribution in [0.3, 0.4) is 0 Å². The highest BCUT2D eigenvalue weighted by Crippen LogP contribution is 2.29. The zero-order chi connectivity index (χ0) is 17.7. The molecule has 0 aromatic heterocycles. The van der Waals surface area contributed by atoms with Crippen molar-refractivity contribution in [2.24, 2.45) is 0 Å². The number of alkyl halides is 3. The van der Waals surface area contributed by atoms with Crippen LogP contribution in [-0.2, 0) is 9.47 Å². The predicted molar refractivity (Wildman–Crippen MR) is 88.5 cm³/mol. The number of halogens is 3. The minimum absolute atomic E-state index is 0.00949. The molecule has 0 aromatic rings. The van der Waals surface area contributed by atoms with Crippen LogP contribution in [0, 0.1) is 0 Å². The van der Waals surface area contributed by atoms with Crippen molar-refractivity contribution in [3.8, 4) is 0 Å². The molecule has 0 spiro atoms. The number of hydrogen-bond acceptors (Lipinski definition) is 2. The van der Waals surface area contributed by atoms with Crippen LogP contribution in [0.5, 0.6) is 0 Å². The Bertz CT molecular complexity index is 396. The summed E-state index contributed by atoms with van der Waals surface area (Å²) in [6.45, 7) is 6.26. The van der Waals surface area contributed by atoms with Crippen LogP contribution in [0.2, 0.25) is 0 Å². The first-order valence-corrected chi connectivity index (χ1v) is 8.12. The molecule has 134 valence electrons. The molecule has 1 aliphatic heterocycles. The van der Waals surface area contributed by atoms with E-state index in [1.165, 1.54) is 0 Å². The van der Waals surface area contributed by atoms with Crippen LogP contribution >= 0.6 is 0 Å². The van der Waals surface area contributed by atoms with Crippen LogP contribution in [0.15, 0.2) is 35.5 Å². The summed E-state index contributed by atoms with van der Waals surface area (Å²) in [4.78, 5) is 0. The van der Waals surface area contributed by atoms with Crippen LogP contribution in [0.25, 0.3) is 0 Å². The fourth-order valence-electron chi connectivity index (χ4n) is 2.07. The molecule has 0 saturated heterocycles. The van der Waals surface area contributed by atoms with E-state index in [2.05, 4.69) is 0 Å². The highest BCUT2D eigenvalue weighted by atomic mass is 19.4. The van der Waals surface area contributed by atoms with E-state index in [1.54, 1.807) is 13.2 Å². The quantitative estimate of drug-likeness (QED) is 0.580. The Kier molecular flexibility index (Phi) is 11.8. The molecule has 0 aromatic carbocycles. The second-order valence-electron chi connectivity index (χ2n) is 5.11. The molecular weight excluding hydrogens is 305 g/mol. The molecule has 0 amide bonds. The lowest BCUT2D eigenvalue weighted by Gasteiger charge is -2.13. The average Bonchev–Trinajstić information content (AvgIpc) is 2.51. The zero-order valence-electron chi connectivity index (χ0n) is 14.6. The average molecular weight is 334 g/mol. The van der Waals surface area contributed by atoms with Crippen molar-refractivity contribution in [1.82, 2.24) is 0 Å². The van der Waals surface area contributed by atoms with E-state index < -0.39 is 11.7 Å². The summed E-state index contributed by atoms with van der Waals surface area (Å²) in [5.74, 6) is 0. The number of rotatable bonds is 1. The van der Waals surface area contributed by atoms with E-state index >= 15 is 0 Å². The third kappa shape index (κ3) is 10.3. The molecule has 2 nitrogen and oxygen atoms in total. The van der Waals surface area contributed by atoms with Gasteiger partial charge in [-0.2, -0.15) is 13.2 Å². The van der Waals surface area contributed by atoms with E-state index in [1.807, 2.05) is 32.9 Å². The molecule has 0 bridgehead atoms. The molecule has 1 unspecified atom stereocenters. The summed E-state index contributed by atoms with van der Waals surface area (Å²) < 4.78 is 49.1. The van der Waals surface area contributed by atoms with Gasteiger partial charge in [-0.15, -0.1) is 0 Å². The van der Waals surface area contributed by atoms with Crippen molar-refractivity contribution in [3.05, 3.63) is 35.5 Å². The third-order valence-corrected chi connectivity index (χ3v) is 3.32. The van der Waals surface area contributed by atoms with Crippen LogP contribution < -0.4 is 0 Å². The first-order chi connectivity index (χ1) is 10.9. The van der Waals surface area contributed by atoms with Gasteiger partial charge >= 0.3 is 6.18 Å². The summed E-state index contributed by atoms with van der Waals surface area (Å²) in [5, 5.41) is 0. The van der Waals surface area contributed by atoms with Crippen molar-refractivity contribution < 1.29 is 22.6 Å². The van der Waals surface area contributed by atoms with Crippen molar-refractivity contribution in [2.75, 3.05) is 20.3 Å². The van der Waals surface area contributed by atoms with Crippen molar-refractivity contribution in [1.29, 1.82) is 0 Å². The van der Waals surface area contributed by atoms with Gasteiger partial charge < -0.3 is 9.47 Å². The van der Waals surface area contributed by atoms with E-state index in [0.29, 0.717) is 13.0 Å². The monoisotopic (exact) mass is 334 g/mol. The Morgan fingerprint density at radius 3 is 2.48 bits per heavy atom. The molecule has 0 fully saturated rings. The number of ether oxygens (including phenoxy) is 2. The fourth-order valence-corrected chi connectivity index (χ4v) is 2.07. The molecule has 1 heterocycles. The van der Waals surface area contributed by atoms with Gasteiger partial charge in [0.15, 0.2) is 0 Å². The van der Waals surface area contributed by atoms with Crippen LogP contribution in [0.1, 0.15) is 46.5 Å². The SMILES string of the molecule is CC.COC1/C=C/CC/C(C(F)(F)F)=C\COC/C(C)=C\CC1. The second-order valence-corrected chi connectivity index (χ2v) is 5.11. The maximum Gasteiger partial charge on any atom is 0.412 e. The standard InChI is InChI=1S/C16H23F3O2.C2H6/c1-13-6-5-9-15(20-2)8-4-3-7-14(16(17,18)19)10-11-21-12-13;1-2/h4,6,8,10,15H,3,5,7,9,11-12H2,1-2H3;1-2H3/b8-4+,13-6-,14-10+;. The molecule has 1 aliphatic rings. The second kappa shape index (κ2) is 12.4. The molecule has 5 heteroatoms. The summed E-state index contributed by atoms with van der Waals surface area (Å²) in [7, 11) is 1.61. The van der Waals surface area contributed by atoms with Gasteiger partial charge in [0.1, 0.15) is 0 Å². The first kappa shape index (κ1) is 21.9. The van der Waals surface area contributed by atoms with Gasteiger partial charge in [0.25, 0.3) is 0 Å². The largest absolute Gasteiger partial charge is 0.412 e. The van der Waals surface area contributed by atoms with Gasteiger partial charge in [-0.05, 0) is 32.6 Å². The minimum atomic E-state index is -4.29. The number of allylic oxidation sites excluding steroid dienone is 3. The Morgan fingerprint density at radius 1 is 1.17 bits per heavy atom. The lowest BCUT2D eigenvalue weighted by molar-refractivity contribution is -0.0945. The zero-order valence-corrected chi connectivity index (χ0v) is 14.6. The Labute approximate surface area is 138 Å². The highest BCUT2D eigenvalue weighted by molar-refractivity contribution is 5.11. The highest BCUT2D eigenvalue weighted by Gasteiger charge is 2.32. The van der Waals surface area contributed by atoms with Crippen molar-refractivity contribution in [2.45, 2.75) is 58.7 Å². The van der Waals surface area contributed by atoms with Gasteiger partial charge in [-0.25, -0.2) is 0 Å². The van der Waals surface area contributed by atoms with E-state index in [9.17, 15) is 13.2 Å². The maximum atomic E-state index is 12.9. The van der Waals surface area contributed by atoms with Gasteiger partial charge in [0, 0.05) is 12.7 Å². The number of hydrogen-bond donors (Lipinski definition) is 0. The molecule has 1 atom stereocenters. The van der Waals surface area contributed by atoms with Gasteiger partial charge in [0.05, 0.1) is 19.3 Å². The van der Waals surface area contributed by atoms with Crippen molar-refractivity contribution in [3.63, 3.8) is 0 Å². The topological polar surface area (TPSA) is 18.5 Å². The molecule has 0 aliphatic carbocycles. The lowest BCUT2D eigenvalue weighted by atomic mass is 10.1. The molecule has 0 saturated carbocycles. The Hall–Kier alpha value is -1.07. The van der Waals surface area contributed by atoms with E-state index in [4.69, 9.17) is 9.47 Å². The van der Waals surface area contributed by atoms with Crippen molar-refractivity contribution >= 4 is 0 Å². The fraction of sp³-hybridized carbons (Fsp3) is 0.667. The van der Waals surface area contributed by atoms with Gasteiger partial charge in [-0.1, -0.05) is 43.7 Å². The lowest BCUT2D eigenvalue weighted by Crippen LogP contribution is -2.13. The normalized spacial score (nSPS) is 27.3. The van der Waals surface area contributed by atoms with Gasteiger partial charge in [0.2, 0.25) is 0 Å². The van der Waals surface area contributed by atoms with Crippen LogP contribution in [-0.4, -0.2) is 32.6 Å². The Balaban J connectivity index is 0.00000232. The minimum Gasteiger partial charge on any atom is -0.377 e. The molecule has 0 N–H and O–H groups in total. The number of methoxy groups -OCH3 is 1. The summed E-state index contributed by atoms with van der Waals surface area (Å²) in [5.41, 5.74) is 0.493. The summed E-state index contributed by atoms with van der Waals surface area (Å²) in [6.07, 6.45) is 4.43.